The van der Waals surface area contributed by atoms with Crippen molar-refractivity contribution in [3.05, 3.63) is 23.8 Å². The van der Waals surface area contributed by atoms with Crippen molar-refractivity contribution in [2.24, 2.45) is 0 Å². The highest BCUT2D eigenvalue weighted by Crippen LogP contribution is 2.30. The van der Waals surface area contributed by atoms with E-state index in [4.69, 9.17) is 9.47 Å². The fourth-order valence-electron chi connectivity index (χ4n) is 2.12. The molecule has 2 rings (SSSR count). The van der Waals surface area contributed by atoms with Gasteiger partial charge in [-0.1, -0.05) is 6.92 Å². The summed E-state index contributed by atoms with van der Waals surface area (Å²) in [4.78, 5) is 14.0. The summed E-state index contributed by atoms with van der Waals surface area (Å²) in [5.41, 5.74) is 1.74. The van der Waals surface area contributed by atoms with Gasteiger partial charge in [0.1, 0.15) is 5.75 Å². The first-order chi connectivity index (χ1) is 8.76. The zero-order valence-corrected chi connectivity index (χ0v) is 10.9. The average Bonchev–Trinajstić information content (AvgIpc) is 2.46. The van der Waals surface area contributed by atoms with Crippen molar-refractivity contribution in [3.8, 4) is 5.75 Å². The molecule has 98 valence electrons. The number of ketones is 1. The van der Waals surface area contributed by atoms with E-state index >= 15 is 0 Å². The number of carbonyl (C=O) groups is 1. The van der Waals surface area contributed by atoms with Gasteiger partial charge in [-0.25, -0.2) is 0 Å². The van der Waals surface area contributed by atoms with Crippen molar-refractivity contribution in [3.63, 3.8) is 0 Å². The summed E-state index contributed by atoms with van der Waals surface area (Å²) in [6, 6.07) is 5.62. The van der Waals surface area contributed by atoms with Gasteiger partial charge in [0.15, 0.2) is 5.78 Å². The maximum Gasteiger partial charge on any atom is 0.162 e. The Bertz CT molecular complexity index is 425. The molecule has 0 unspecified atom stereocenters. The van der Waals surface area contributed by atoms with E-state index in [1.807, 2.05) is 25.1 Å². The molecule has 0 aromatic heterocycles. The molecule has 0 atom stereocenters. The Kier molecular flexibility index (Phi) is 4.20. The molecule has 0 saturated carbocycles. The summed E-state index contributed by atoms with van der Waals surface area (Å²) < 4.78 is 10.7. The molecule has 0 N–H and O–H groups in total. The Hall–Kier alpha value is -1.55. The van der Waals surface area contributed by atoms with Gasteiger partial charge in [-0.15, -0.1) is 0 Å². The van der Waals surface area contributed by atoms with E-state index < -0.39 is 0 Å². The van der Waals surface area contributed by atoms with Gasteiger partial charge in [-0.05, 0) is 18.2 Å². The minimum atomic E-state index is 0.159. The highest BCUT2D eigenvalue weighted by Gasteiger charge is 2.17. The van der Waals surface area contributed by atoms with Crippen LogP contribution < -0.4 is 9.64 Å². The molecule has 1 aromatic rings. The van der Waals surface area contributed by atoms with Gasteiger partial charge < -0.3 is 14.4 Å². The molecule has 0 amide bonds. The SMILES string of the molecule is CCC(=O)c1ccc(OC)c(N2CCOCC2)c1. The van der Waals surface area contributed by atoms with E-state index in [1.54, 1.807) is 7.11 Å². The van der Waals surface area contributed by atoms with Crippen molar-refractivity contribution >= 4 is 11.5 Å². The Labute approximate surface area is 107 Å². The van der Waals surface area contributed by atoms with E-state index in [2.05, 4.69) is 4.90 Å². The number of anilines is 1. The molecule has 0 radical (unpaired) electrons. The molecule has 4 nitrogen and oxygen atoms in total. The number of morpholine rings is 1. The Balaban J connectivity index is 2.32. The lowest BCUT2D eigenvalue weighted by atomic mass is 10.1. The third-order valence-corrected chi connectivity index (χ3v) is 3.17. The molecule has 1 aromatic carbocycles. The summed E-state index contributed by atoms with van der Waals surface area (Å²) in [7, 11) is 1.65. The number of Topliss-reactive ketones (excluding diaryl/α,β-unsaturated/α-hetero) is 1. The zero-order valence-electron chi connectivity index (χ0n) is 10.9. The third kappa shape index (κ3) is 2.64. The van der Waals surface area contributed by atoms with E-state index in [0.717, 1.165) is 43.3 Å². The van der Waals surface area contributed by atoms with Crippen molar-refractivity contribution < 1.29 is 14.3 Å². The zero-order chi connectivity index (χ0) is 13.0. The molecular formula is C14H19NO3. The van der Waals surface area contributed by atoms with Crippen LogP contribution in [0, 0.1) is 0 Å². The summed E-state index contributed by atoms with van der Waals surface area (Å²) in [5, 5.41) is 0. The highest BCUT2D eigenvalue weighted by atomic mass is 16.5. The van der Waals surface area contributed by atoms with Gasteiger partial charge in [0.25, 0.3) is 0 Å². The van der Waals surface area contributed by atoms with Crippen LogP contribution in [0.5, 0.6) is 5.75 Å². The molecular weight excluding hydrogens is 230 g/mol. The number of nitrogens with zero attached hydrogens (tertiary/aromatic N) is 1. The first-order valence-corrected chi connectivity index (χ1v) is 6.30. The quantitative estimate of drug-likeness (QED) is 0.766. The second-order valence-corrected chi connectivity index (χ2v) is 4.26. The van der Waals surface area contributed by atoms with Crippen LogP contribution in [0.2, 0.25) is 0 Å². The maximum absolute atomic E-state index is 11.8. The Morgan fingerprint density at radius 1 is 1.39 bits per heavy atom. The molecule has 0 bridgehead atoms. The van der Waals surface area contributed by atoms with Gasteiger partial charge in [0.05, 0.1) is 26.0 Å². The Morgan fingerprint density at radius 3 is 2.72 bits per heavy atom. The molecule has 0 aliphatic carbocycles. The highest BCUT2D eigenvalue weighted by molar-refractivity contribution is 5.97. The lowest BCUT2D eigenvalue weighted by Gasteiger charge is -2.30. The maximum atomic E-state index is 11.8. The lowest BCUT2D eigenvalue weighted by Crippen LogP contribution is -2.36. The number of ether oxygens (including phenoxy) is 2. The van der Waals surface area contributed by atoms with E-state index in [1.165, 1.54) is 0 Å². The van der Waals surface area contributed by atoms with E-state index in [-0.39, 0.29) is 5.78 Å². The number of hydrogen-bond donors (Lipinski definition) is 0. The topological polar surface area (TPSA) is 38.8 Å². The predicted molar refractivity (Wildman–Crippen MR) is 70.6 cm³/mol. The minimum absolute atomic E-state index is 0.159. The second kappa shape index (κ2) is 5.87. The van der Waals surface area contributed by atoms with Crippen LogP contribution in [0.4, 0.5) is 5.69 Å². The van der Waals surface area contributed by atoms with Gasteiger partial charge in [0.2, 0.25) is 0 Å². The summed E-state index contributed by atoms with van der Waals surface area (Å²) in [5.74, 6) is 0.969. The second-order valence-electron chi connectivity index (χ2n) is 4.26. The molecule has 18 heavy (non-hydrogen) atoms. The van der Waals surface area contributed by atoms with Crippen LogP contribution in [0.1, 0.15) is 23.7 Å². The number of carbonyl (C=O) groups excluding carboxylic acids is 1. The van der Waals surface area contributed by atoms with Crippen molar-refractivity contribution in [2.45, 2.75) is 13.3 Å². The van der Waals surface area contributed by atoms with Gasteiger partial charge in [-0.2, -0.15) is 0 Å². The fraction of sp³-hybridized carbons (Fsp3) is 0.500. The molecule has 1 saturated heterocycles. The van der Waals surface area contributed by atoms with Gasteiger partial charge >= 0.3 is 0 Å². The van der Waals surface area contributed by atoms with Crippen LogP contribution in [0.3, 0.4) is 0 Å². The van der Waals surface area contributed by atoms with Crippen LogP contribution >= 0.6 is 0 Å². The molecule has 0 spiro atoms. The number of benzene rings is 1. The van der Waals surface area contributed by atoms with Crippen LogP contribution in [-0.2, 0) is 4.74 Å². The van der Waals surface area contributed by atoms with Crippen molar-refractivity contribution in [2.75, 3.05) is 38.3 Å². The van der Waals surface area contributed by atoms with Crippen LogP contribution in [-0.4, -0.2) is 39.2 Å². The summed E-state index contributed by atoms with van der Waals surface area (Å²) in [6.45, 7) is 4.98. The largest absolute Gasteiger partial charge is 0.495 e. The minimum Gasteiger partial charge on any atom is -0.495 e. The van der Waals surface area contributed by atoms with E-state index in [0.29, 0.717) is 6.42 Å². The lowest BCUT2D eigenvalue weighted by molar-refractivity contribution is 0.0988. The number of hydrogen-bond acceptors (Lipinski definition) is 4. The number of methoxy groups -OCH3 is 1. The standard InChI is InChI=1S/C14H19NO3/c1-3-13(16)11-4-5-14(17-2)12(10-11)15-6-8-18-9-7-15/h4-5,10H,3,6-9H2,1-2H3. The summed E-state index contributed by atoms with van der Waals surface area (Å²) in [6.07, 6.45) is 0.523. The number of rotatable bonds is 4. The van der Waals surface area contributed by atoms with Crippen molar-refractivity contribution in [1.82, 2.24) is 0 Å². The molecule has 1 fully saturated rings. The van der Waals surface area contributed by atoms with Gasteiger partial charge in [-0.3, -0.25) is 4.79 Å². The molecule has 1 heterocycles. The third-order valence-electron chi connectivity index (χ3n) is 3.17. The van der Waals surface area contributed by atoms with Gasteiger partial charge in [0, 0.05) is 25.1 Å². The molecule has 4 heteroatoms. The average molecular weight is 249 g/mol. The normalized spacial score (nSPS) is 15.6. The van der Waals surface area contributed by atoms with Crippen LogP contribution in [0.15, 0.2) is 18.2 Å². The smallest absolute Gasteiger partial charge is 0.162 e. The first kappa shape index (κ1) is 12.9. The first-order valence-electron chi connectivity index (χ1n) is 6.30. The monoisotopic (exact) mass is 249 g/mol. The van der Waals surface area contributed by atoms with Crippen molar-refractivity contribution in [1.29, 1.82) is 0 Å². The fourth-order valence-corrected chi connectivity index (χ4v) is 2.12. The summed E-state index contributed by atoms with van der Waals surface area (Å²) >= 11 is 0. The Morgan fingerprint density at radius 2 is 2.11 bits per heavy atom. The molecule has 1 aliphatic rings. The van der Waals surface area contributed by atoms with E-state index in [9.17, 15) is 4.79 Å². The van der Waals surface area contributed by atoms with Crippen LogP contribution in [0.25, 0.3) is 0 Å². The predicted octanol–water partition coefficient (Wildman–Crippen LogP) is 2.12. The molecule has 1 aliphatic heterocycles.